The van der Waals surface area contributed by atoms with E-state index in [0.29, 0.717) is 18.0 Å². The van der Waals surface area contributed by atoms with Crippen LogP contribution in [0.5, 0.6) is 11.5 Å². The lowest BCUT2D eigenvalue weighted by Gasteiger charge is -2.29. The average molecular weight is 404 g/mol. The fraction of sp³-hybridized carbons (Fsp3) is 0.524. The molecule has 0 atom stereocenters. The number of aryl methyl sites for hydroxylation is 1. The lowest BCUT2D eigenvalue weighted by Crippen LogP contribution is -2.32. The minimum atomic E-state index is -0.0439. The largest absolute Gasteiger partial charge is 0.497 e. The zero-order valence-electron chi connectivity index (χ0n) is 16.9. The van der Waals surface area contributed by atoms with Crippen molar-refractivity contribution in [1.82, 2.24) is 9.88 Å². The van der Waals surface area contributed by atoms with E-state index in [0.717, 1.165) is 48.3 Å². The summed E-state index contributed by atoms with van der Waals surface area (Å²) in [6.07, 6.45) is 3.45. The van der Waals surface area contributed by atoms with E-state index in [1.54, 1.807) is 14.2 Å². The maximum Gasteiger partial charge on any atom is 0.226 e. The number of nitrogens with one attached hydrogen (secondary N) is 1. The number of ether oxygens (including phenoxy) is 2. The van der Waals surface area contributed by atoms with Crippen LogP contribution in [-0.2, 0) is 17.8 Å². The minimum Gasteiger partial charge on any atom is -0.497 e. The Kier molecular flexibility index (Phi) is 7.28. The number of aromatic nitrogens is 1. The number of benzene rings is 1. The van der Waals surface area contributed by atoms with Crippen molar-refractivity contribution in [2.24, 2.45) is 5.92 Å². The van der Waals surface area contributed by atoms with Crippen LogP contribution in [0.3, 0.4) is 0 Å². The number of hydrogen-bond acceptors (Lipinski definition) is 6. The molecule has 0 spiro atoms. The van der Waals surface area contributed by atoms with Crippen LogP contribution in [0.25, 0.3) is 0 Å². The number of hydrogen-bond donors (Lipinski definition) is 1. The van der Waals surface area contributed by atoms with Crippen molar-refractivity contribution in [3.05, 3.63) is 34.8 Å². The van der Waals surface area contributed by atoms with Crippen molar-refractivity contribution < 1.29 is 14.3 Å². The van der Waals surface area contributed by atoms with Gasteiger partial charge >= 0.3 is 0 Å². The van der Waals surface area contributed by atoms with Gasteiger partial charge in [-0.2, -0.15) is 0 Å². The van der Waals surface area contributed by atoms with E-state index < -0.39 is 0 Å². The molecule has 0 bridgehead atoms. The van der Waals surface area contributed by atoms with Gasteiger partial charge in [0.1, 0.15) is 11.5 Å². The van der Waals surface area contributed by atoms with Crippen molar-refractivity contribution in [3.63, 3.8) is 0 Å². The zero-order chi connectivity index (χ0) is 19.9. The summed E-state index contributed by atoms with van der Waals surface area (Å²) < 4.78 is 10.6. The molecule has 6 nitrogen and oxygen atoms in total. The summed E-state index contributed by atoms with van der Waals surface area (Å²) in [5.74, 6) is 2.30. The molecule has 2 aromatic rings. The van der Waals surface area contributed by atoms with Crippen LogP contribution in [-0.4, -0.2) is 43.1 Å². The Balaban J connectivity index is 1.50. The standard InChI is InChI=1S/C21H29N3O3S/c1-15-8-10-24(11-9-15)13-17-14-28-21(22-17)23-20(25)7-4-16-12-18(26-2)5-6-19(16)27-3/h5-6,12,14-15H,4,7-11,13H2,1-3H3,(H,22,23,25). The predicted molar refractivity (Wildman–Crippen MR) is 112 cm³/mol. The van der Waals surface area contributed by atoms with E-state index in [4.69, 9.17) is 9.47 Å². The molecule has 0 aliphatic carbocycles. The number of thiazole rings is 1. The van der Waals surface area contributed by atoms with Gasteiger partial charge in [-0.1, -0.05) is 6.92 Å². The third-order valence-electron chi connectivity index (χ3n) is 5.17. The molecule has 0 radical (unpaired) electrons. The predicted octanol–water partition coefficient (Wildman–Crippen LogP) is 3.96. The molecule has 2 heterocycles. The second-order valence-corrected chi connectivity index (χ2v) is 8.19. The molecular weight excluding hydrogens is 374 g/mol. The summed E-state index contributed by atoms with van der Waals surface area (Å²) >= 11 is 1.49. The average Bonchev–Trinajstić information content (AvgIpc) is 3.14. The first-order chi connectivity index (χ1) is 13.6. The Morgan fingerprint density at radius 2 is 2.07 bits per heavy atom. The number of amides is 1. The lowest BCUT2D eigenvalue weighted by atomic mass is 9.99. The molecule has 3 rings (SSSR count). The van der Waals surface area contributed by atoms with Crippen LogP contribution in [0.1, 0.15) is 37.4 Å². The molecule has 1 aliphatic heterocycles. The first-order valence-electron chi connectivity index (χ1n) is 9.75. The van der Waals surface area contributed by atoms with Crippen LogP contribution in [0.15, 0.2) is 23.6 Å². The molecule has 28 heavy (non-hydrogen) atoms. The normalized spacial score (nSPS) is 15.4. The third kappa shape index (κ3) is 5.69. The van der Waals surface area contributed by atoms with Gasteiger partial charge in [0, 0.05) is 18.3 Å². The van der Waals surface area contributed by atoms with Gasteiger partial charge in [0.15, 0.2) is 5.13 Å². The highest BCUT2D eigenvalue weighted by molar-refractivity contribution is 7.13. The van der Waals surface area contributed by atoms with Crippen molar-refractivity contribution >= 4 is 22.4 Å². The maximum absolute atomic E-state index is 12.3. The Labute approximate surface area is 170 Å². The van der Waals surface area contributed by atoms with Crippen molar-refractivity contribution in [2.75, 3.05) is 32.6 Å². The van der Waals surface area contributed by atoms with Gasteiger partial charge in [0.05, 0.1) is 19.9 Å². The molecule has 1 aromatic heterocycles. The van der Waals surface area contributed by atoms with Gasteiger partial charge < -0.3 is 14.8 Å². The van der Waals surface area contributed by atoms with Crippen molar-refractivity contribution in [1.29, 1.82) is 0 Å². The van der Waals surface area contributed by atoms with Crippen LogP contribution >= 0.6 is 11.3 Å². The van der Waals surface area contributed by atoms with E-state index >= 15 is 0 Å². The highest BCUT2D eigenvalue weighted by Gasteiger charge is 2.17. The Bertz CT molecular complexity index is 785. The Morgan fingerprint density at radius 3 is 2.79 bits per heavy atom. The SMILES string of the molecule is COc1ccc(OC)c(CCC(=O)Nc2nc(CN3CCC(C)CC3)cs2)c1. The van der Waals surface area contributed by atoms with Gasteiger partial charge in [-0.25, -0.2) is 4.98 Å². The smallest absolute Gasteiger partial charge is 0.226 e. The van der Waals surface area contributed by atoms with E-state index in [1.807, 2.05) is 23.6 Å². The summed E-state index contributed by atoms with van der Waals surface area (Å²) in [6, 6.07) is 5.62. The number of piperidine rings is 1. The molecule has 152 valence electrons. The van der Waals surface area contributed by atoms with Gasteiger partial charge in [0.25, 0.3) is 0 Å². The Morgan fingerprint density at radius 1 is 1.29 bits per heavy atom. The number of carbonyl (C=O) groups is 1. The fourth-order valence-electron chi connectivity index (χ4n) is 3.39. The van der Waals surface area contributed by atoms with Crippen LogP contribution in [0, 0.1) is 5.92 Å². The number of rotatable bonds is 8. The van der Waals surface area contributed by atoms with E-state index in [1.165, 1.54) is 24.2 Å². The second kappa shape index (κ2) is 9.89. The van der Waals surface area contributed by atoms with E-state index in [9.17, 15) is 4.79 Å². The van der Waals surface area contributed by atoms with Gasteiger partial charge in [-0.15, -0.1) is 11.3 Å². The number of anilines is 1. The summed E-state index contributed by atoms with van der Waals surface area (Å²) in [5.41, 5.74) is 1.99. The van der Waals surface area contributed by atoms with Crippen molar-refractivity contribution in [2.45, 2.75) is 39.2 Å². The summed E-state index contributed by atoms with van der Waals surface area (Å²) in [6.45, 7) is 5.43. The molecule has 1 amide bonds. The lowest BCUT2D eigenvalue weighted by molar-refractivity contribution is -0.116. The first-order valence-corrected chi connectivity index (χ1v) is 10.6. The first kappa shape index (κ1) is 20.6. The molecule has 1 N–H and O–H groups in total. The van der Waals surface area contributed by atoms with Crippen LogP contribution in [0.2, 0.25) is 0 Å². The Hall–Kier alpha value is -2.12. The molecule has 1 aromatic carbocycles. The number of nitrogens with zero attached hydrogens (tertiary/aromatic N) is 2. The highest BCUT2D eigenvalue weighted by atomic mass is 32.1. The number of methoxy groups -OCH3 is 2. The second-order valence-electron chi connectivity index (χ2n) is 7.33. The molecule has 1 saturated heterocycles. The van der Waals surface area contributed by atoms with Crippen LogP contribution in [0.4, 0.5) is 5.13 Å². The highest BCUT2D eigenvalue weighted by Crippen LogP contribution is 2.25. The molecule has 1 fully saturated rings. The number of likely N-dealkylation sites (tertiary alicyclic amines) is 1. The quantitative estimate of drug-likeness (QED) is 0.723. The summed E-state index contributed by atoms with van der Waals surface area (Å²) in [5, 5.41) is 5.63. The monoisotopic (exact) mass is 403 g/mol. The van der Waals surface area contributed by atoms with Gasteiger partial charge in [-0.05, 0) is 62.0 Å². The zero-order valence-corrected chi connectivity index (χ0v) is 17.7. The summed E-state index contributed by atoms with van der Waals surface area (Å²) in [4.78, 5) is 19.4. The molecule has 0 saturated carbocycles. The van der Waals surface area contributed by atoms with Crippen molar-refractivity contribution in [3.8, 4) is 11.5 Å². The van der Waals surface area contributed by atoms with E-state index in [2.05, 4.69) is 22.1 Å². The third-order valence-corrected chi connectivity index (χ3v) is 5.98. The minimum absolute atomic E-state index is 0.0439. The van der Waals surface area contributed by atoms with E-state index in [-0.39, 0.29) is 5.91 Å². The van der Waals surface area contributed by atoms with Gasteiger partial charge in [-0.3, -0.25) is 9.69 Å². The summed E-state index contributed by atoms with van der Waals surface area (Å²) in [7, 11) is 3.26. The molecule has 1 aliphatic rings. The fourth-order valence-corrected chi connectivity index (χ4v) is 4.11. The topological polar surface area (TPSA) is 63.7 Å². The molecule has 0 unspecified atom stereocenters. The molecular formula is C21H29N3O3S. The van der Waals surface area contributed by atoms with Crippen LogP contribution < -0.4 is 14.8 Å². The molecule has 7 heteroatoms. The number of carbonyl (C=O) groups excluding carboxylic acids is 1. The maximum atomic E-state index is 12.3. The van der Waals surface area contributed by atoms with Gasteiger partial charge in [0.2, 0.25) is 5.91 Å².